The van der Waals surface area contributed by atoms with Crippen molar-refractivity contribution in [1.29, 1.82) is 0 Å². The normalized spacial score (nSPS) is 14.0. The lowest BCUT2D eigenvalue weighted by molar-refractivity contribution is 0.262. The fraction of sp³-hybridized carbons (Fsp3) is 0.185. The number of hydrogen-bond donors (Lipinski definition) is 3. The summed E-state index contributed by atoms with van der Waals surface area (Å²) >= 11 is 7.16. The zero-order chi connectivity index (χ0) is 27.5. The van der Waals surface area contributed by atoms with Gasteiger partial charge in [0.15, 0.2) is 10.9 Å². The maximum absolute atomic E-state index is 15.3. The zero-order valence-corrected chi connectivity index (χ0v) is 22.6. The standard InChI is InChI=1S/C27H22ClFN6O3S/c1-13-10-19(38-34-13)21-14(29)11-18(36)23-22(21)27(2,3)12-35(23)17-7-5-4-6-15(17)30-25(37)33-26-31-16-8-9-20(28)32-24(16)39-26/h4-11,36H,12H2,1-3H3,(H2,30,31,33,37). The van der Waals surface area contributed by atoms with Gasteiger partial charge >= 0.3 is 6.03 Å². The predicted octanol–water partition coefficient (Wildman–Crippen LogP) is 7.23. The fourth-order valence-corrected chi connectivity index (χ4v) is 5.98. The van der Waals surface area contributed by atoms with Gasteiger partial charge in [-0.2, -0.15) is 0 Å². The molecule has 0 fully saturated rings. The van der Waals surface area contributed by atoms with Gasteiger partial charge in [0.05, 0.1) is 28.3 Å². The van der Waals surface area contributed by atoms with Gasteiger partial charge in [0, 0.05) is 29.7 Å². The lowest BCUT2D eigenvalue weighted by atomic mass is 9.82. The smallest absolute Gasteiger partial charge is 0.325 e. The summed E-state index contributed by atoms with van der Waals surface area (Å²) in [6, 6.07) is 12.8. The fourth-order valence-electron chi connectivity index (χ4n) is 4.95. The van der Waals surface area contributed by atoms with Crippen LogP contribution in [0.5, 0.6) is 5.75 Å². The molecule has 4 heterocycles. The Bertz CT molecular complexity index is 1770. The summed E-state index contributed by atoms with van der Waals surface area (Å²) in [4.78, 5) is 24.0. The van der Waals surface area contributed by atoms with Crippen LogP contribution in [-0.4, -0.2) is 32.8 Å². The first-order valence-electron chi connectivity index (χ1n) is 12.0. The molecule has 39 heavy (non-hydrogen) atoms. The number of pyridine rings is 1. The van der Waals surface area contributed by atoms with Crippen LogP contribution in [0.4, 0.5) is 31.4 Å². The molecule has 0 unspecified atom stereocenters. The molecule has 0 bridgehead atoms. The molecule has 0 aliphatic carbocycles. The van der Waals surface area contributed by atoms with Crippen LogP contribution in [0.3, 0.4) is 0 Å². The van der Waals surface area contributed by atoms with Gasteiger partial charge in [0.25, 0.3) is 0 Å². The largest absolute Gasteiger partial charge is 0.506 e. The highest BCUT2D eigenvalue weighted by atomic mass is 35.5. The number of nitrogens with one attached hydrogen (secondary N) is 2. The number of fused-ring (bicyclic) bond motifs is 2. The molecule has 9 nitrogen and oxygen atoms in total. The number of halogens is 2. The molecule has 0 saturated heterocycles. The van der Waals surface area contributed by atoms with E-state index in [4.69, 9.17) is 16.1 Å². The molecule has 0 atom stereocenters. The highest BCUT2D eigenvalue weighted by Crippen LogP contribution is 2.54. The first kappa shape index (κ1) is 25.1. The van der Waals surface area contributed by atoms with Crippen molar-refractivity contribution in [2.45, 2.75) is 26.2 Å². The Hall–Kier alpha value is -4.22. The second kappa shape index (κ2) is 9.21. The van der Waals surface area contributed by atoms with E-state index < -0.39 is 17.3 Å². The topological polar surface area (TPSA) is 116 Å². The molecule has 3 aromatic heterocycles. The van der Waals surface area contributed by atoms with E-state index in [0.717, 1.165) is 6.07 Å². The minimum absolute atomic E-state index is 0.215. The number of rotatable bonds is 4. The van der Waals surface area contributed by atoms with E-state index in [1.165, 1.54) is 11.3 Å². The highest BCUT2D eigenvalue weighted by molar-refractivity contribution is 7.22. The lowest BCUT2D eigenvalue weighted by Crippen LogP contribution is -2.27. The van der Waals surface area contributed by atoms with Crippen molar-refractivity contribution in [2.24, 2.45) is 0 Å². The van der Waals surface area contributed by atoms with Crippen LogP contribution in [0.1, 0.15) is 25.1 Å². The van der Waals surface area contributed by atoms with Gasteiger partial charge in [-0.1, -0.05) is 54.1 Å². The quantitative estimate of drug-likeness (QED) is 0.197. The zero-order valence-electron chi connectivity index (χ0n) is 21.0. The summed E-state index contributed by atoms with van der Waals surface area (Å²) < 4.78 is 20.7. The summed E-state index contributed by atoms with van der Waals surface area (Å²) in [5.41, 5.74) is 3.05. The third-order valence-electron chi connectivity index (χ3n) is 6.49. The Morgan fingerprint density at radius 1 is 1.18 bits per heavy atom. The number of thiazole rings is 1. The van der Waals surface area contributed by atoms with Crippen LogP contribution in [0.25, 0.3) is 21.7 Å². The van der Waals surface area contributed by atoms with Crippen molar-refractivity contribution in [1.82, 2.24) is 15.1 Å². The van der Waals surface area contributed by atoms with Crippen LogP contribution in [0.15, 0.2) is 53.1 Å². The summed E-state index contributed by atoms with van der Waals surface area (Å²) in [7, 11) is 0. The monoisotopic (exact) mass is 564 g/mol. The Kier molecular flexibility index (Phi) is 5.92. The number of aromatic hydroxyl groups is 1. The SMILES string of the molecule is Cc1cc(-c2c(F)cc(O)c3c2C(C)(C)CN3c2ccccc2NC(=O)Nc2nc3ccc(Cl)nc3s2)on1. The molecule has 5 aromatic rings. The lowest BCUT2D eigenvalue weighted by Gasteiger charge is -2.25. The van der Waals surface area contributed by atoms with Crippen molar-refractivity contribution in [3.63, 3.8) is 0 Å². The number of anilines is 4. The number of hydrogen-bond acceptors (Lipinski definition) is 8. The van der Waals surface area contributed by atoms with Crippen LogP contribution >= 0.6 is 22.9 Å². The third-order valence-corrected chi connectivity index (χ3v) is 7.58. The van der Waals surface area contributed by atoms with Crippen molar-refractivity contribution in [2.75, 3.05) is 22.1 Å². The maximum atomic E-state index is 15.3. The third kappa shape index (κ3) is 4.43. The molecule has 2 aromatic carbocycles. The number of urea groups is 1. The maximum Gasteiger partial charge on any atom is 0.325 e. The molecule has 198 valence electrons. The molecule has 0 radical (unpaired) electrons. The van der Waals surface area contributed by atoms with Gasteiger partial charge in [0.1, 0.15) is 27.1 Å². The minimum atomic E-state index is -0.602. The number of nitrogens with zero attached hydrogens (tertiary/aromatic N) is 4. The number of aryl methyl sites for hydroxylation is 1. The first-order chi connectivity index (χ1) is 18.6. The van der Waals surface area contributed by atoms with Crippen LogP contribution < -0.4 is 15.5 Å². The molecule has 2 amide bonds. The molecular formula is C27H22ClFN6O3S. The van der Waals surface area contributed by atoms with E-state index >= 15 is 4.39 Å². The van der Waals surface area contributed by atoms with Crippen molar-refractivity contribution in [3.05, 3.63) is 70.8 Å². The number of phenolic OH excluding ortho intramolecular Hbond substituents is 1. The van der Waals surface area contributed by atoms with Crippen molar-refractivity contribution in [3.8, 4) is 17.1 Å². The Morgan fingerprint density at radius 2 is 1.97 bits per heavy atom. The number of carbonyl (C=O) groups is 1. The second-order valence-electron chi connectivity index (χ2n) is 9.85. The molecule has 0 spiro atoms. The molecule has 3 N–H and O–H groups in total. The second-order valence-corrected chi connectivity index (χ2v) is 11.2. The van der Waals surface area contributed by atoms with Gasteiger partial charge < -0.3 is 19.8 Å². The Labute approximate surface area is 231 Å². The number of benzene rings is 2. The molecule has 6 rings (SSSR count). The predicted molar refractivity (Wildman–Crippen MR) is 150 cm³/mol. The Balaban J connectivity index is 1.36. The van der Waals surface area contributed by atoms with Crippen LogP contribution in [0.2, 0.25) is 5.15 Å². The molecule has 1 aliphatic heterocycles. The number of aromatic nitrogens is 3. The van der Waals surface area contributed by atoms with E-state index in [-0.39, 0.29) is 17.1 Å². The first-order valence-corrected chi connectivity index (χ1v) is 13.2. The van der Waals surface area contributed by atoms with Gasteiger partial charge in [0.2, 0.25) is 0 Å². The summed E-state index contributed by atoms with van der Waals surface area (Å²) in [5, 5.41) is 21.2. The van der Waals surface area contributed by atoms with Gasteiger partial charge in [-0.05, 0) is 31.2 Å². The van der Waals surface area contributed by atoms with E-state index in [1.807, 2.05) is 30.9 Å². The minimum Gasteiger partial charge on any atom is -0.506 e. The number of para-hydroxylation sites is 2. The summed E-state index contributed by atoms with van der Waals surface area (Å²) in [5.74, 6) is -0.531. The van der Waals surface area contributed by atoms with E-state index in [2.05, 4.69) is 25.8 Å². The van der Waals surface area contributed by atoms with Crippen LogP contribution in [0, 0.1) is 12.7 Å². The van der Waals surface area contributed by atoms with Gasteiger partial charge in [-0.3, -0.25) is 5.32 Å². The summed E-state index contributed by atoms with van der Waals surface area (Å²) in [6.07, 6.45) is 0. The number of phenols is 1. The van der Waals surface area contributed by atoms with Crippen molar-refractivity contribution >= 4 is 61.5 Å². The molecular weight excluding hydrogens is 543 g/mol. The van der Waals surface area contributed by atoms with E-state index in [9.17, 15) is 9.90 Å². The van der Waals surface area contributed by atoms with Crippen molar-refractivity contribution < 1.29 is 18.8 Å². The molecule has 1 aliphatic rings. The van der Waals surface area contributed by atoms with E-state index in [0.29, 0.717) is 55.5 Å². The van der Waals surface area contributed by atoms with Gasteiger partial charge in [-0.25, -0.2) is 19.2 Å². The summed E-state index contributed by atoms with van der Waals surface area (Å²) in [6.45, 7) is 6.10. The highest BCUT2D eigenvalue weighted by Gasteiger charge is 2.42. The number of amides is 2. The van der Waals surface area contributed by atoms with E-state index in [1.54, 1.807) is 37.3 Å². The molecule has 12 heteroatoms. The Morgan fingerprint density at radius 3 is 2.74 bits per heavy atom. The van der Waals surface area contributed by atoms with Crippen LogP contribution in [-0.2, 0) is 5.41 Å². The average molecular weight is 565 g/mol. The molecule has 0 saturated carbocycles. The average Bonchev–Trinajstić information content (AvgIpc) is 3.54. The van der Waals surface area contributed by atoms with Gasteiger partial charge in [-0.15, -0.1) is 0 Å². The number of carbonyl (C=O) groups excluding carboxylic acids is 1.